The molecule has 0 atom stereocenters. The smallest absolute Gasteiger partial charge is 0.122 e. The van der Waals surface area contributed by atoms with E-state index >= 15 is 0 Å². The highest BCUT2D eigenvalue weighted by Gasteiger charge is 2.10. The van der Waals surface area contributed by atoms with Gasteiger partial charge in [-0.25, -0.2) is 0 Å². The Morgan fingerprint density at radius 2 is 1.82 bits per heavy atom. The molecule has 0 bridgehead atoms. The molecule has 3 aromatic rings. The van der Waals surface area contributed by atoms with Crippen molar-refractivity contribution in [3.05, 3.63) is 52.9 Å². The Morgan fingerprint density at radius 3 is 2.45 bits per heavy atom. The third kappa shape index (κ3) is 3.01. The van der Waals surface area contributed by atoms with Gasteiger partial charge in [-0.1, -0.05) is 37.7 Å². The number of fused-ring (bicyclic) bond motifs is 1. The maximum atomic E-state index is 5.47. The van der Waals surface area contributed by atoms with Crippen molar-refractivity contribution in [3.63, 3.8) is 0 Å². The fraction of sp³-hybridized carbons (Fsp3) is 0.263. The molecular weight excluding hydrogens is 308 g/mol. The molecule has 0 unspecified atom stereocenters. The summed E-state index contributed by atoms with van der Waals surface area (Å²) in [6.45, 7) is 6.54. The minimum absolute atomic E-state index is 0.577. The number of ether oxygens (including phenoxy) is 1. The van der Waals surface area contributed by atoms with Crippen molar-refractivity contribution in [2.75, 3.05) is 7.11 Å². The van der Waals surface area contributed by atoms with Gasteiger partial charge >= 0.3 is 0 Å². The summed E-state index contributed by atoms with van der Waals surface area (Å²) in [5.41, 5.74) is 2.58. The number of benzene rings is 2. The Morgan fingerprint density at radius 1 is 1.09 bits per heavy atom. The van der Waals surface area contributed by atoms with Gasteiger partial charge in [0.1, 0.15) is 5.75 Å². The van der Waals surface area contributed by atoms with Gasteiger partial charge < -0.3 is 4.74 Å². The van der Waals surface area contributed by atoms with Crippen LogP contribution in [0.3, 0.4) is 0 Å². The second kappa shape index (κ2) is 6.35. The highest BCUT2D eigenvalue weighted by atomic mass is 32.2. The number of aryl methyl sites for hydroxylation is 1. The normalized spacial score (nSPS) is 11.3. The monoisotopic (exact) mass is 328 g/mol. The molecule has 114 valence electrons. The van der Waals surface area contributed by atoms with E-state index in [9.17, 15) is 0 Å². The van der Waals surface area contributed by atoms with Crippen LogP contribution in [0.4, 0.5) is 0 Å². The van der Waals surface area contributed by atoms with Crippen molar-refractivity contribution in [2.45, 2.75) is 36.5 Å². The first-order valence-electron chi connectivity index (χ1n) is 7.42. The maximum Gasteiger partial charge on any atom is 0.122 e. The molecule has 0 N–H and O–H groups in total. The van der Waals surface area contributed by atoms with Crippen LogP contribution in [0.25, 0.3) is 10.1 Å². The zero-order chi connectivity index (χ0) is 15.7. The van der Waals surface area contributed by atoms with Gasteiger partial charge in [0.25, 0.3) is 0 Å². The minimum atomic E-state index is 0.577. The van der Waals surface area contributed by atoms with E-state index in [1.165, 1.54) is 31.0 Å². The van der Waals surface area contributed by atoms with Gasteiger partial charge in [0.2, 0.25) is 0 Å². The molecule has 0 aliphatic carbocycles. The molecule has 0 amide bonds. The minimum Gasteiger partial charge on any atom is -0.496 e. The zero-order valence-electron chi connectivity index (χ0n) is 13.3. The van der Waals surface area contributed by atoms with E-state index in [0.717, 1.165) is 5.75 Å². The van der Waals surface area contributed by atoms with Gasteiger partial charge in [-0.2, -0.15) is 0 Å². The molecule has 0 saturated carbocycles. The van der Waals surface area contributed by atoms with E-state index < -0.39 is 0 Å². The number of hydrogen-bond donors (Lipinski definition) is 0. The largest absolute Gasteiger partial charge is 0.496 e. The van der Waals surface area contributed by atoms with Crippen molar-refractivity contribution in [3.8, 4) is 5.75 Å². The summed E-state index contributed by atoms with van der Waals surface area (Å²) in [4.78, 5) is 2.58. The van der Waals surface area contributed by atoms with E-state index in [-0.39, 0.29) is 0 Å². The summed E-state index contributed by atoms with van der Waals surface area (Å²) in [6, 6.07) is 13.3. The van der Waals surface area contributed by atoms with Crippen molar-refractivity contribution in [2.24, 2.45) is 0 Å². The fourth-order valence-corrected chi connectivity index (χ4v) is 4.59. The molecule has 1 nitrogen and oxygen atoms in total. The molecular formula is C19H20OS2. The van der Waals surface area contributed by atoms with Crippen LogP contribution in [0.5, 0.6) is 5.75 Å². The second-order valence-corrected chi connectivity index (χ2v) is 7.77. The number of hydrogen-bond acceptors (Lipinski definition) is 3. The summed E-state index contributed by atoms with van der Waals surface area (Å²) < 4.78 is 6.78. The average molecular weight is 329 g/mol. The first kappa shape index (κ1) is 15.4. The average Bonchev–Trinajstić information content (AvgIpc) is 2.88. The van der Waals surface area contributed by atoms with Gasteiger partial charge in [-0.3, -0.25) is 0 Å². The molecule has 1 heterocycles. The molecule has 1 aromatic heterocycles. The first-order valence-corrected chi connectivity index (χ1v) is 9.11. The molecule has 0 fully saturated rings. The Hall–Kier alpha value is -1.45. The Labute approximate surface area is 140 Å². The van der Waals surface area contributed by atoms with Gasteiger partial charge in [0.05, 0.1) is 7.11 Å². The van der Waals surface area contributed by atoms with E-state index in [0.29, 0.717) is 5.92 Å². The highest BCUT2D eigenvalue weighted by molar-refractivity contribution is 7.99. The van der Waals surface area contributed by atoms with Crippen LogP contribution in [0.15, 0.2) is 51.6 Å². The molecule has 2 aromatic carbocycles. The number of rotatable bonds is 4. The van der Waals surface area contributed by atoms with Crippen LogP contribution in [0.2, 0.25) is 0 Å². The lowest BCUT2D eigenvalue weighted by Gasteiger charge is -2.07. The van der Waals surface area contributed by atoms with E-state index in [1.54, 1.807) is 18.4 Å². The van der Waals surface area contributed by atoms with Crippen molar-refractivity contribution in [1.29, 1.82) is 0 Å². The highest BCUT2D eigenvalue weighted by Crippen LogP contribution is 2.40. The Kier molecular flexibility index (Phi) is 4.46. The van der Waals surface area contributed by atoms with Crippen molar-refractivity contribution >= 4 is 33.2 Å². The molecule has 0 aliphatic heterocycles. The molecule has 22 heavy (non-hydrogen) atoms. The lowest BCUT2D eigenvalue weighted by Crippen LogP contribution is -1.86. The predicted molar refractivity (Wildman–Crippen MR) is 97.8 cm³/mol. The van der Waals surface area contributed by atoms with Gasteiger partial charge in [-0.15, -0.1) is 11.3 Å². The molecule has 3 rings (SSSR count). The van der Waals surface area contributed by atoms with E-state index in [1.807, 2.05) is 11.8 Å². The van der Waals surface area contributed by atoms with Gasteiger partial charge in [0.15, 0.2) is 0 Å². The summed E-state index contributed by atoms with van der Waals surface area (Å²) >= 11 is 3.62. The van der Waals surface area contributed by atoms with Gasteiger partial charge in [0, 0.05) is 25.3 Å². The topological polar surface area (TPSA) is 9.23 Å². The summed E-state index contributed by atoms with van der Waals surface area (Å²) in [6.07, 6.45) is 0. The van der Waals surface area contributed by atoms with Crippen LogP contribution < -0.4 is 4.74 Å². The van der Waals surface area contributed by atoms with Crippen LogP contribution in [-0.2, 0) is 0 Å². The summed E-state index contributed by atoms with van der Waals surface area (Å²) in [7, 11) is 1.73. The summed E-state index contributed by atoms with van der Waals surface area (Å²) in [5, 5.41) is 3.52. The van der Waals surface area contributed by atoms with Crippen molar-refractivity contribution < 1.29 is 4.74 Å². The number of thiophene rings is 1. The second-order valence-electron chi connectivity index (χ2n) is 5.74. The molecule has 0 spiro atoms. The zero-order valence-corrected chi connectivity index (χ0v) is 15.0. The number of methoxy groups -OCH3 is 1. The third-order valence-electron chi connectivity index (χ3n) is 3.83. The van der Waals surface area contributed by atoms with E-state index in [4.69, 9.17) is 4.74 Å². The molecule has 0 aliphatic rings. The van der Waals surface area contributed by atoms with Gasteiger partial charge in [-0.05, 0) is 48.2 Å². The molecule has 0 radical (unpaired) electrons. The quantitative estimate of drug-likeness (QED) is 0.541. The predicted octanol–water partition coefficient (Wildman–Crippen LogP) is 6.49. The Bertz CT molecular complexity index is 785. The van der Waals surface area contributed by atoms with Crippen LogP contribution in [-0.4, -0.2) is 7.11 Å². The summed E-state index contributed by atoms with van der Waals surface area (Å²) in [5.74, 6) is 1.54. The lowest BCUT2D eigenvalue weighted by molar-refractivity contribution is 0.412. The third-order valence-corrected chi connectivity index (χ3v) is 5.99. The standard InChI is InChI=1S/C19H20OS2/c1-12(2)14-5-7-15(8-6-14)22-19-11-21-18-9-13(3)17(20-4)10-16(18)19/h5-12H,1-4H3. The molecule has 0 saturated heterocycles. The van der Waals surface area contributed by atoms with Crippen LogP contribution >= 0.6 is 23.1 Å². The van der Waals surface area contributed by atoms with E-state index in [2.05, 4.69) is 62.5 Å². The van der Waals surface area contributed by atoms with Crippen LogP contribution in [0, 0.1) is 6.92 Å². The Balaban J connectivity index is 1.93. The van der Waals surface area contributed by atoms with Crippen LogP contribution in [0.1, 0.15) is 30.9 Å². The SMILES string of the molecule is COc1cc2c(Sc3ccc(C(C)C)cc3)csc2cc1C. The lowest BCUT2D eigenvalue weighted by atomic mass is 10.0. The first-order chi connectivity index (χ1) is 10.6. The maximum absolute atomic E-state index is 5.47. The van der Waals surface area contributed by atoms with Crippen molar-refractivity contribution in [1.82, 2.24) is 0 Å². The fourth-order valence-electron chi connectivity index (χ4n) is 2.48. The molecule has 3 heteroatoms.